The Balaban J connectivity index is 1.58. The monoisotopic (exact) mass is 418 g/mol. The number of halogens is 1. The van der Waals surface area contributed by atoms with Gasteiger partial charge in [-0.3, -0.25) is 14.5 Å². The number of benzene rings is 1. The molecule has 6 nitrogen and oxygen atoms in total. The van der Waals surface area contributed by atoms with E-state index in [0.29, 0.717) is 38.5 Å². The van der Waals surface area contributed by atoms with E-state index in [1.54, 1.807) is 11.0 Å². The predicted molar refractivity (Wildman–Crippen MR) is 115 cm³/mol. The third-order valence-electron chi connectivity index (χ3n) is 6.10. The topological polar surface area (TPSA) is 47.1 Å². The molecule has 0 aromatic heterocycles. The number of nitrogens with zero attached hydrogens (tertiary/aromatic N) is 4. The van der Waals surface area contributed by atoms with Gasteiger partial charge in [-0.2, -0.15) is 0 Å². The van der Waals surface area contributed by atoms with Crippen molar-refractivity contribution in [3.05, 3.63) is 35.6 Å². The molecule has 7 heteroatoms. The molecule has 3 rings (SSSR count). The Labute approximate surface area is 179 Å². The Morgan fingerprint density at radius 1 is 1.17 bits per heavy atom. The van der Waals surface area contributed by atoms with Crippen molar-refractivity contribution in [2.24, 2.45) is 5.92 Å². The number of piperidine rings is 1. The highest BCUT2D eigenvalue weighted by Gasteiger charge is 2.28. The van der Waals surface area contributed by atoms with Crippen molar-refractivity contribution in [3.8, 4) is 0 Å². The van der Waals surface area contributed by atoms with Gasteiger partial charge in [-0.1, -0.05) is 18.2 Å². The predicted octanol–water partition coefficient (Wildman–Crippen LogP) is 2.05. The van der Waals surface area contributed by atoms with Crippen LogP contribution in [0.4, 0.5) is 4.39 Å². The Bertz CT molecular complexity index is 727. The Morgan fingerprint density at radius 3 is 2.67 bits per heavy atom. The molecule has 2 aliphatic rings. The minimum atomic E-state index is -0.155. The molecule has 1 aromatic rings. The van der Waals surface area contributed by atoms with Crippen molar-refractivity contribution in [1.29, 1.82) is 0 Å². The number of hydrogen-bond acceptors (Lipinski definition) is 4. The van der Waals surface area contributed by atoms with Crippen LogP contribution in [0.5, 0.6) is 0 Å². The van der Waals surface area contributed by atoms with Crippen LogP contribution in [0.1, 0.15) is 31.2 Å². The SMILES string of the molecule is CN(C)CCN(C[C@@H]1CCCN(Cc2ccccc2F)C1)C(=O)CN1CCCC1=O. The van der Waals surface area contributed by atoms with Gasteiger partial charge in [0.2, 0.25) is 11.8 Å². The van der Waals surface area contributed by atoms with Crippen LogP contribution in [0, 0.1) is 11.7 Å². The average Bonchev–Trinajstić information content (AvgIpc) is 3.11. The largest absolute Gasteiger partial charge is 0.340 e. The number of hydrogen-bond donors (Lipinski definition) is 0. The molecule has 0 aliphatic carbocycles. The second kappa shape index (κ2) is 10.9. The Kier molecular flexibility index (Phi) is 8.22. The van der Waals surface area contributed by atoms with E-state index in [0.717, 1.165) is 44.5 Å². The zero-order chi connectivity index (χ0) is 21.5. The van der Waals surface area contributed by atoms with E-state index in [-0.39, 0.29) is 24.2 Å². The minimum absolute atomic E-state index is 0.0401. The third-order valence-corrected chi connectivity index (χ3v) is 6.10. The van der Waals surface area contributed by atoms with Crippen LogP contribution in [0.3, 0.4) is 0 Å². The Morgan fingerprint density at radius 2 is 1.97 bits per heavy atom. The molecule has 2 aliphatic heterocycles. The van der Waals surface area contributed by atoms with Gasteiger partial charge >= 0.3 is 0 Å². The summed E-state index contributed by atoms with van der Waals surface area (Å²) in [6.45, 7) is 5.47. The summed E-state index contributed by atoms with van der Waals surface area (Å²) < 4.78 is 14.0. The second-order valence-electron chi connectivity index (χ2n) is 8.90. The molecule has 0 unspecified atom stereocenters. The normalized spacial score (nSPS) is 20.2. The smallest absolute Gasteiger partial charge is 0.242 e. The van der Waals surface area contributed by atoms with E-state index in [1.807, 2.05) is 31.1 Å². The van der Waals surface area contributed by atoms with E-state index in [4.69, 9.17) is 0 Å². The quantitative estimate of drug-likeness (QED) is 0.616. The van der Waals surface area contributed by atoms with Gasteiger partial charge in [0.05, 0.1) is 6.54 Å². The van der Waals surface area contributed by atoms with Crippen LogP contribution in [0.25, 0.3) is 0 Å². The molecule has 1 aromatic carbocycles. The maximum Gasteiger partial charge on any atom is 0.242 e. The summed E-state index contributed by atoms with van der Waals surface area (Å²) in [6, 6.07) is 6.95. The molecule has 0 N–H and O–H groups in total. The molecule has 2 heterocycles. The van der Waals surface area contributed by atoms with Crippen molar-refractivity contribution >= 4 is 11.8 Å². The lowest BCUT2D eigenvalue weighted by Crippen LogP contribution is -2.47. The zero-order valence-corrected chi connectivity index (χ0v) is 18.4. The molecule has 166 valence electrons. The van der Waals surface area contributed by atoms with E-state index in [9.17, 15) is 14.0 Å². The van der Waals surface area contributed by atoms with Gasteiger partial charge in [-0.05, 0) is 51.9 Å². The number of carbonyl (C=O) groups excluding carboxylic acids is 2. The molecule has 0 spiro atoms. The molecule has 0 radical (unpaired) electrons. The number of carbonyl (C=O) groups is 2. The standard InChI is InChI=1S/C23H35FN4O2/c1-25(2)13-14-28(23(30)18-27-12-6-10-22(27)29)16-19-7-5-11-26(15-19)17-20-8-3-4-9-21(20)24/h3-4,8-9,19H,5-7,10-18H2,1-2H3/t19-/m1/s1. The lowest BCUT2D eigenvalue weighted by Gasteiger charge is -2.36. The highest BCUT2D eigenvalue weighted by atomic mass is 19.1. The maximum atomic E-state index is 14.0. The van der Waals surface area contributed by atoms with Crippen LogP contribution in [0.15, 0.2) is 24.3 Å². The van der Waals surface area contributed by atoms with Crippen LogP contribution >= 0.6 is 0 Å². The van der Waals surface area contributed by atoms with E-state index in [1.165, 1.54) is 6.07 Å². The first kappa shape index (κ1) is 22.7. The van der Waals surface area contributed by atoms with Crippen LogP contribution in [0.2, 0.25) is 0 Å². The lowest BCUT2D eigenvalue weighted by molar-refractivity contribution is -0.139. The molecular formula is C23H35FN4O2. The maximum absolute atomic E-state index is 14.0. The third kappa shape index (κ3) is 6.51. The van der Waals surface area contributed by atoms with Gasteiger partial charge in [-0.15, -0.1) is 0 Å². The summed E-state index contributed by atoms with van der Waals surface area (Å²) in [5.41, 5.74) is 0.728. The fourth-order valence-corrected chi connectivity index (χ4v) is 4.40. The van der Waals surface area contributed by atoms with Gasteiger partial charge in [0.15, 0.2) is 0 Å². The molecule has 0 bridgehead atoms. The first-order valence-electron chi connectivity index (χ1n) is 11.1. The fraction of sp³-hybridized carbons (Fsp3) is 0.652. The van der Waals surface area contributed by atoms with Crippen LogP contribution in [-0.4, -0.2) is 91.3 Å². The molecule has 2 amide bonds. The van der Waals surface area contributed by atoms with Gasteiger partial charge in [0.25, 0.3) is 0 Å². The number of amides is 2. The first-order valence-corrected chi connectivity index (χ1v) is 11.1. The summed E-state index contributed by atoms with van der Waals surface area (Å²) in [6.07, 6.45) is 3.53. The van der Waals surface area contributed by atoms with E-state index < -0.39 is 0 Å². The molecular weight excluding hydrogens is 383 g/mol. The van der Waals surface area contributed by atoms with Crippen molar-refractivity contribution in [3.63, 3.8) is 0 Å². The number of likely N-dealkylation sites (tertiary alicyclic amines) is 2. The van der Waals surface area contributed by atoms with Gasteiger partial charge in [0.1, 0.15) is 5.82 Å². The summed E-state index contributed by atoms with van der Waals surface area (Å²) >= 11 is 0. The number of likely N-dealkylation sites (N-methyl/N-ethyl adjacent to an activating group) is 1. The first-order chi connectivity index (χ1) is 14.4. The van der Waals surface area contributed by atoms with Gasteiger partial charge < -0.3 is 14.7 Å². The van der Waals surface area contributed by atoms with E-state index in [2.05, 4.69) is 9.80 Å². The van der Waals surface area contributed by atoms with Crippen LogP contribution < -0.4 is 0 Å². The number of rotatable bonds is 9. The van der Waals surface area contributed by atoms with Crippen LogP contribution in [-0.2, 0) is 16.1 Å². The lowest BCUT2D eigenvalue weighted by atomic mass is 9.96. The highest BCUT2D eigenvalue weighted by Crippen LogP contribution is 2.21. The Hall–Kier alpha value is -1.99. The summed E-state index contributed by atoms with van der Waals surface area (Å²) in [7, 11) is 4.01. The molecule has 30 heavy (non-hydrogen) atoms. The zero-order valence-electron chi connectivity index (χ0n) is 18.4. The second-order valence-corrected chi connectivity index (χ2v) is 8.90. The summed E-state index contributed by atoms with van der Waals surface area (Å²) in [4.78, 5) is 32.9. The van der Waals surface area contributed by atoms with E-state index >= 15 is 0 Å². The molecule has 2 saturated heterocycles. The van der Waals surface area contributed by atoms with Crippen molar-refractivity contribution in [2.75, 3.05) is 59.9 Å². The average molecular weight is 419 g/mol. The molecule has 1 atom stereocenters. The molecule has 2 fully saturated rings. The summed E-state index contributed by atoms with van der Waals surface area (Å²) in [5.74, 6) is 0.339. The molecule has 0 saturated carbocycles. The van der Waals surface area contributed by atoms with Crippen molar-refractivity contribution in [1.82, 2.24) is 19.6 Å². The summed E-state index contributed by atoms with van der Waals surface area (Å²) in [5, 5.41) is 0. The van der Waals surface area contributed by atoms with Gasteiger partial charge in [-0.25, -0.2) is 4.39 Å². The minimum Gasteiger partial charge on any atom is -0.340 e. The fourth-order valence-electron chi connectivity index (χ4n) is 4.40. The van der Waals surface area contributed by atoms with Crippen molar-refractivity contribution < 1.29 is 14.0 Å². The van der Waals surface area contributed by atoms with Crippen molar-refractivity contribution in [2.45, 2.75) is 32.2 Å². The van der Waals surface area contributed by atoms with Gasteiger partial charge in [0, 0.05) is 51.3 Å². The highest BCUT2D eigenvalue weighted by molar-refractivity contribution is 5.85.